The molecule has 1 aliphatic rings. The van der Waals surface area contributed by atoms with Crippen LogP contribution in [-0.2, 0) is 11.3 Å². The second kappa shape index (κ2) is 10.00. The van der Waals surface area contributed by atoms with Crippen molar-refractivity contribution in [3.05, 3.63) is 94.7 Å². The third-order valence-electron chi connectivity index (χ3n) is 5.98. The molecule has 2 heterocycles. The second-order valence-corrected chi connectivity index (χ2v) is 9.59. The second-order valence-electron chi connectivity index (χ2n) is 8.53. The van der Waals surface area contributed by atoms with Crippen LogP contribution >= 0.6 is 11.3 Å². The van der Waals surface area contributed by atoms with Crippen LogP contribution in [0.2, 0.25) is 0 Å². The maximum Gasteiger partial charge on any atom is 0.135 e. The Morgan fingerprint density at radius 3 is 2.67 bits per heavy atom. The minimum atomic E-state index is -0.257. The number of hydrogen-bond donors (Lipinski definition) is 0. The lowest BCUT2D eigenvalue weighted by Crippen LogP contribution is -2.35. The van der Waals surface area contributed by atoms with Gasteiger partial charge in [0.2, 0.25) is 0 Å². The average Bonchev–Trinajstić information content (AvgIpc) is 3.27. The summed E-state index contributed by atoms with van der Waals surface area (Å²) in [7, 11) is 2.15. The number of benzene rings is 3. The Morgan fingerprint density at radius 1 is 1.03 bits per heavy atom. The molecular formula is C27H27FN2O2S. The highest BCUT2D eigenvalue weighted by Crippen LogP contribution is 2.36. The van der Waals surface area contributed by atoms with E-state index < -0.39 is 0 Å². The van der Waals surface area contributed by atoms with Crippen molar-refractivity contribution in [2.75, 3.05) is 20.1 Å². The minimum absolute atomic E-state index is 0.190. The quantitative estimate of drug-likeness (QED) is 0.327. The first-order valence-electron chi connectivity index (χ1n) is 11.3. The van der Waals surface area contributed by atoms with E-state index in [1.54, 1.807) is 17.4 Å². The van der Waals surface area contributed by atoms with Gasteiger partial charge in [-0.3, -0.25) is 0 Å². The van der Waals surface area contributed by atoms with E-state index in [1.807, 2.05) is 42.5 Å². The summed E-state index contributed by atoms with van der Waals surface area (Å²) in [6.07, 6.45) is 1.95. The van der Waals surface area contributed by atoms with Crippen LogP contribution in [0.15, 0.2) is 72.8 Å². The molecule has 0 radical (unpaired) electrons. The topological polar surface area (TPSA) is 34.6 Å². The molecule has 4 aromatic rings. The number of rotatable bonds is 7. The number of hydrogen-bond acceptors (Lipinski definition) is 5. The van der Waals surface area contributed by atoms with Crippen molar-refractivity contribution in [2.24, 2.45) is 0 Å². The first kappa shape index (κ1) is 22.0. The maximum atomic E-state index is 13.5. The number of likely N-dealkylation sites (tertiary alicyclic amines) is 1. The standard InChI is InChI=1S/C27H27FN2O2S/c1-30-14-12-22(13-15-30)32-26(27-29-24-10-2-3-11-25(24)33-27)20-7-5-9-23(17-20)31-18-19-6-4-8-21(28)16-19/h2-11,16-17,22,26H,12-15,18H2,1H3. The zero-order chi connectivity index (χ0) is 22.6. The van der Waals surface area contributed by atoms with Gasteiger partial charge in [-0.25, -0.2) is 9.37 Å². The normalized spacial score (nSPS) is 16.2. The predicted molar refractivity (Wildman–Crippen MR) is 130 cm³/mol. The van der Waals surface area contributed by atoms with Crippen LogP contribution in [0.5, 0.6) is 5.75 Å². The van der Waals surface area contributed by atoms with Crippen LogP contribution in [0, 0.1) is 5.82 Å². The fraction of sp³-hybridized carbons (Fsp3) is 0.296. The summed E-state index contributed by atoms with van der Waals surface area (Å²) in [4.78, 5) is 7.24. The third kappa shape index (κ3) is 5.41. The Bertz CT molecular complexity index is 1190. The van der Waals surface area contributed by atoms with E-state index in [4.69, 9.17) is 14.5 Å². The lowest BCUT2D eigenvalue weighted by Gasteiger charge is -2.31. The van der Waals surface area contributed by atoms with E-state index in [0.29, 0.717) is 6.61 Å². The van der Waals surface area contributed by atoms with Crippen LogP contribution in [0.1, 0.15) is 35.1 Å². The monoisotopic (exact) mass is 462 g/mol. The molecule has 6 heteroatoms. The summed E-state index contributed by atoms with van der Waals surface area (Å²) >= 11 is 1.68. The molecule has 1 saturated heterocycles. The Morgan fingerprint density at radius 2 is 1.85 bits per heavy atom. The van der Waals surface area contributed by atoms with Gasteiger partial charge in [-0.2, -0.15) is 0 Å². The summed E-state index contributed by atoms with van der Waals surface area (Å²) in [5, 5.41) is 0.956. The third-order valence-corrected chi connectivity index (χ3v) is 7.06. The van der Waals surface area contributed by atoms with Crippen LogP contribution in [0.3, 0.4) is 0 Å². The Labute approximate surface area is 197 Å². The highest BCUT2D eigenvalue weighted by atomic mass is 32.1. The molecule has 0 amide bonds. The maximum absolute atomic E-state index is 13.5. The van der Waals surface area contributed by atoms with Gasteiger partial charge in [0.1, 0.15) is 29.3 Å². The van der Waals surface area contributed by atoms with Crippen molar-refractivity contribution in [2.45, 2.75) is 31.7 Å². The summed E-state index contributed by atoms with van der Waals surface area (Å²) in [6.45, 7) is 2.38. The van der Waals surface area contributed by atoms with Gasteiger partial charge >= 0.3 is 0 Å². The number of halogens is 1. The predicted octanol–water partition coefficient (Wildman–Crippen LogP) is 6.21. The van der Waals surface area contributed by atoms with Gasteiger partial charge in [-0.05, 0) is 67.4 Å². The first-order chi connectivity index (χ1) is 16.1. The van der Waals surface area contributed by atoms with Crippen LogP contribution in [0.25, 0.3) is 10.2 Å². The lowest BCUT2D eigenvalue weighted by atomic mass is 10.1. The van der Waals surface area contributed by atoms with E-state index in [0.717, 1.165) is 58.0 Å². The molecule has 5 rings (SSSR count). The lowest BCUT2D eigenvalue weighted by molar-refractivity contribution is -0.0235. The zero-order valence-corrected chi connectivity index (χ0v) is 19.4. The van der Waals surface area contributed by atoms with Crippen molar-refractivity contribution < 1.29 is 13.9 Å². The fourth-order valence-corrected chi connectivity index (χ4v) is 5.19. The van der Waals surface area contributed by atoms with Gasteiger partial charge in [-0.15, -0.1) is 11.3 Å². The fourth-order valence-electron chi connectivity index (χ4n) is 4.16. The Kier molecular flexibility index (Phi) is 6.67. The summed E-state index contributed by atoms with van der Waals surface area (Å²) in [6, 6.07) is 22.7. The molecule has 1 atom stereocenters. The minimum Gasteiger partial charge on any atom is -0.489 e. The van der Waals surface area contributed by atoms with Crippen molar-refractivity contribution in [3.63, 3.8) is 0 Å². The molecule has 0 saturated carbocycles. The summed E-state index contributed by atoms with van der Waals surface area (Å²) < 4.78 is 27.3. The van der Waals surface area contributed by atoms with Crippen LogP contribution < -0.4 is 4.74 Å². The van der Waals surface area contributed by atoms with Crippen LogP contribution in [0.4, 0.5) is 4.39 Å². The van der Waals surface area contributed by atoms with E-state index in [1.165, 1.54) is 12.1 Å². The SMILES string of the molecule is CN1CCC(OC(c2cccc(OCc3cccc(F)c3)c2)c2nc3ccccc3s2)CC1. The number of fused-ring (bicyclic) bond motifs is 1. The smallest absolute Gasteiger partial charge is 0.135 e. The molecule has 170 valence electrons. The summed E-state index contributed by atoms with van der Waals surface area (Å²) in [5.41, 5.74) is 2.81. The molecule has 3 aromatic carbocycles. The van der Waals surface area contributed by atoms with E-state index >= 15 is 0 Å². The van der Waals surface area contributed by atoms with Crippen molar-refractivity contribution in [1.29, 1.82) is 0 Å². The molecular weight excluding hydrogens is 435 g/mol. The van der Waals surface area contributed by atoms with E-state index in [2.05, 4.69) is 24.1 Å². The van der Waals surface area contributed by atoms with Crippen molar-refractivity contribution >= 4 is 21.6 Å². The van der Waals surface area contributed by atoms with Crippen LogP contribution in [-0.4, -0.2) is 36.1 Å². The molecule has 0 spiro atoms. The molecule has 1 fully saturated rings. The number of ether oxygens (including phenoxy) is 2. The number of thiazole rings is 1. The molecule has 1 aromatic heterocycles. The zero-order valence-electron chi connectivity index (χ0n) is 18.6. The highest BCUT2D eigenvalue weighted by Gasteiger charge is 2.26. The Hall–Kier alpha value is -2.80. The van der Waals surface area contributed by atoms with Gasteiger partial charge in [0.25, 0.3) is 0 Å². The largest absolute Gasteiger partial charge is 0.489 e. The van der Waals surface area contributed by atoms with Crippen molar-refractivity contribution in [3.8, 4) is 5.75 Å². The van der Waals surface area contributed by atoms with Gasteiger partial charge in [0.15, 0.2) is 0 Å². The number of nitrogens with zero attached hydrogens (tertiary/aromatic N) is 2. The molecule has 33 heavy (non-hydrogen) atoms. The van der Waals surface area contributed by atoms with Gasteiger partial charge in [0.05, 0.1) is 16.3 Å². The van der Waals surface area contributed by atoms with E-state index in [-0.39, 0.29) is 18.0 Å². The number of aromatic nitrogens is 1. The first-order valence-corrected chi connectivity index (χ1v) is 12.1. The van der Waals surface area contributed by atoms with Gasteiger partial charge in [0, 0.05) is 13.1 Å². The van der Waals surface area contributed by atoms with Gasteiger partial charge < -0.3 is 14.4 Å². The molecule has 1 unspecified atom stereocenters. The molecule has 0 aliphatic carbocycles. The molecule has 0 N–H and O–H groups in total. The summed E-state index contributed by atoms with van der Waals surface area (Å²) in [5.74, 6) is 0.474. The highest BCUT2D eigenvalue weighted by molar-refractivity contribution is 7.18. The molecule has 1 aliphatic heterocycles. The average molecular weight is 463 g/mol. The number of piperidine rings is 1. The number of para-hydroxylation sites is 1. The van der Waals surface area contributed by atoms with Crippen molar-refractivity contribution in [1.82, 2.24) is 9.88 Å². The van der Waals surface area contributed by atoms with E-state index in [9.17, 15) is 4.39 Å². The van der Waals surface area contributed by atoms with Gasteiger partial charge in [-0.1, -0.05) is 36.4 Å². The molecule has 4 nitrogen and oxygen atoms in total. The Balaban J connectivity index is 1.41. The molecule has 0 bridgehead atoms.